The van der Waals surface area contributed by atoms with Crippen LogP contribution in [0.5, 0.6) is 0 Å². The Hall–Kier alpha value is -2.26. The molecule has 9 heteroatoms. The van der Waals surface area contributed by atoms with Crippen LogP contribution < -0.4 is 4.83 Å². The molecule has 3 aromatic rings. The van der Waals surface area contributed by atoms with E-state index in [1.807, 2.05) is 6.92 Å². The molecule has 2 aromatic heterocycles. The van der Waals surface area contributed by atoms with Gasteiger partial charge in [0.05, 0.1) is 27.3 Å². The van der Waals surface area contributed by atoms with E-state index in [9.17, 15) is 8.42 Å². The number of benzene rings is 1. The molecule has 0 atom stereocenters. The number of hydrazone groups is 1. The Morgan fingerprint density at radius 2 is 2.00 bits per heavy atom. The van der Waals surface area contributed by atoms with Gasteiger partial charge in [0.25, 0.3) is 10.0 Å². The number of aromatic nitrogens is 3. The summed E-state index contributed by atoms with van der Waals surface area (Å²) in [6, 6.07) is 6.51. The van der Waals surface area contributed by atoms with Gasteiger partial charge in [-0.2, -0.15) is 18.6 Å². The Balaban J connectivity index is 1.81. The van der Waals surface area contributed by atoms with Gasteiger partial charge in [-0.15, -0.1) is 0 Å². The Morgan fingerprint density at radius 1 is 1.26 bits per heavy atom. The van der Waals surface area contributed by atoms with Crippen LogP contribution in [0.15, 0.2) is 57.3 Å². The summed E-state index contributed by atoms with van der Waals surface area (Å²) in [6.45, 7) is 1.89. The topological polar surface area (TPSA) is 88.7 Å². The molecule has 0 radical (unpaired) electrons. The maximum absolute atomic E-state index is 12.1. The number of hydrogen-bond acceptors (Lipinski definition) is 5. The maximum Gasteiger partial charge on any atom is 0.276 e. The predicted octanol–water partition coefficient (Wildman–Crippen LogP) is 2.11. The molecule has 0 spiro atoms. The van der Waals surface area contributed by atoms with E-state index in [0.717, 1.165) is 10.0 Å². The minimum absolute atomic E-state index is 0.155. The van der Waals surface area contributed by atoms with Gasteiger partial charge in [-0.25, -0.2) is 14.3 Å². The van der Waals surface area contributed by atoms with Gasteiger partial charge in [0, 0.05) is 12.4 Å². The van der Waals surface area contributed by atoms with Crippen LogP contribution in [0.4, 0.5) is 0 Å². The normalized spacial score (nSPS) is 12.1. The van der Waals surface area contributed by atoms with Crippen molar-refractivity contribution in [3.8, 4) is 0 Å². The summed E-state index contributed by atoms with van der Waals surface area (Å²) in [7, 11) is -3.69. The first-order valence-corrected chi connectivity index (χ1v) is 8.84. The average Bonchev–Trinajstić information content (AvgIpc) is 2.90. The molecule has 0 aliphatic heterocycles. The summed E-state index contributed by atoms with van der Waals surface area (Å²) in [5, 5.41) is 7.91. The van der Waals surface area contributed by atoms with Crippen molar-refractivity contribution in [2.75, 3.05) is 0 Å². The summed E-state index contributed by atoms with van der Waals surface area (Å²) >= 11 is 3.30. The van der Waals surface area contributed by atoms with Crippen LogP contribution in [0.1, 0.15) is 11.1 Å². The molecule has 0 amide bonds. The average molecular weight is 394 g/mol. The summed E-state index contributed by atoms with van der Waals surface area (Å²) in [6.07, 6.45) is 6.30. The highest BCUT2D eigenvalue weighted by Crippen LogP contribution is 2.12. The van der Waals surface area contributed by atoms with Gasteiger partial charge in [0.2, 0.25) is 0 Å². The molecular weight excluding hydrogens is 382 g/mol. The third-order valence-electron chi connectivity index (χ3n) is 3.06. The Morgan fingerprint density at radius 3 is 2.74 bits per heavy atom. The second-order valence-corrected chi connectivity index (χ2v) is 7.38. The van der Waals surface area contributed by atoms with Crippen LogP contribution in [0.2, 0.25) is 0 Å². The molecule has 0 aliphatic carbocycles. The summed E-state index contributed by atoms with van der Waals surface area (Å²) in [4.78, 5) is 6.54. The van der Waals surface area contributed by atoms with Crippen molar-refractivity contribution in [3.63, 3.8) is 0 Å². The van der Waals surface area contributed by atoms with Crippen LogP contribution >= 0.6 is 15.9 Å². The lowest BCUT2D eigenvalue weighted by Crippen LogP contribution is -2.18. The minimum Gasteiger partial charge on any atom is -0.235 e. The molecule has 118 valence electrons. The molecule has 0 aliphatic rings. The molecule has 1 aromatic carbocycles. The highest BCUT2D eigenvalue weighted by molar-refractivity contribution is 9.10. The molecule has 3 rings (SSSR count). The third kappa shape index (κ3) is 3.40. The minimum atomic E-state index is -3.69. The number of hydrogen-bond donors (Lipinski definition) is 1. The van der Waals surface area contributed by atoms with Gasteiger partial charge < -0.3 is 0 Å². The summed E-state index contributed by atoms with van der Waals surface area (Å²) in [5.41, 5.74) is 2.16. The van der Waals surface area contributed by atoms with E-state index in [1.165, 1.54) is 18.3 Å². The van der Waals surface area contributed by atoms with Gasteiger partial charge in [0.15, 0.2) is 5.65 Å². The zero-order valence-electron chi connectivity index (χ0n) is 12.0. The van der Waals surface area contributed by atoms with E-state index in [0.29, 0.717) is 11.2 Å². The van der Waals surface area contributed by atoms with E-state index in [-0.39, 0.29) is 4.90 Å². The quantitative estimate of drug-likeness (QED) is 0.542. The second-order valence-electron chi connectivity index (χ2n) is 4.81. The molecule has 0 unspecified atom stereocenters. The molecule has 0 bridgehead atoms. The molecule has 0 saturated heterocycles. The van der Waals surface area contributed by atoms with Crippen molar-refractivity contribution in [1.82, 2.24) is 19.4 Å². The molecular formula is C14H12BrN5O2S. The SMILES string of the molecule is Cc1ccc(S(=O)(=O)N/N=C/c2cnn3cc(Br)cnc23)cc1. The largest absolute Gasteiger partial charge is 0.276 e. The summed E-state index contributed by atoms with van der Waals surface area (Å²) < 4.78 is 26.6. The van der Waals surface area contributed by atoms with Crippen molar-refractivity contribution in [2.24, 2.45) is 5.10 Å². The van der Waals surface area contributed by atoms with Gasteiger partial charge in [-0.1, -0.05) is 17.7 Å². The summed E-state index contributed by atoms with van der Waals surface area (Å²) in [5.74, 6) is 0. The number of aryl methyl sites for hydroxylation is 1. The predicted molar refractivity (Wildman–Crippen MR) is 89.8 cm³/mol. The smallest absolute Gasteiger partial charge is 0.235 e. The monoisotopic (exact) mass is 393 g/mol. The lowest BCUT2D eigenvalue weighted by molar-refractivity contribution is 0.584. The molecule has 7 nitrogen and oxygen atoms in total. The molecule has 0 fully saturated rings. The van der Waals surface area contributed by atoms with Crippen LogP contribution in [0.3, 0.4) is 0 Å². The first-order valence-electron chi connectivity index (χ1n) is 6.56. The molecule has 0 saturated carbocycles. The first-order chi connectivity index (χ1) is 11.0. The highest BCUT2D eigenvalue weighted by atomic mass is 79.9. The van der Waals surface area contributed by atoms with Crippen molar-refractivity contribution in [2.45, 2.75) is 11.8 Å². The number of halogens is 1. The van der Waals surface area contributed by atoms with E-state index in [4.69, 9.17) is 0 Å². The lowest BCUT2D eigenvalue weighted by atomic mass is 10.2. The van der Waals surface area contributed by atoms with E-state index < -0.39 is 10.0 Å². The van der Waals surface area contributed by atoms with Crippen molar-refractivity contribution < 1.29 is 8.42 Å². The van der Waals surface area contributed by atoms with Gasteiger partial charge in [-0.05, 0) is 35.0 Å². The van der Waals surface area contributed by atoms with Crippen molar-refractivity contribution >= 4 is 37.8 Å². The third-order valence-corrected chi connectivity index (χ3v) is 4.71. The van der Waals surface area contributed by atoms with E-state index in [1.54, 1.807) is 35.2 Å². The second kappa shape index (κ2) is 6.09. The molecule has 2 heterocycles. The Bertz CT molecular complexity index is 980. The van der Waals surface area contributed by atoms with Crippen LogP contribution in [0.25, 0.3) is 5.65 Å². The number of fused-ring (bicyclic) bond motifs is 1. The van der Waals surface area contributed by atoms with Crippen LogP contribution in [-0.2, 0) is 10.0 Å². The number of sulfonamides is 1. The first kappa shape index (κ1) is 15.6. The van der Waals surface area contributed by atoms with Gasteiger partial charge in [0.1, 0.15) is 0 Å². The zero-order valence-corrected chi connectivity index (χ0v) is 14.4. The molecule has 23 heavy (non-hydrogen) atoms. The van der Waals surface area contributed by atoms with E-state index >= 15 is 0 Å². The van der Waals surface area contributed by atoms with Crippen molar-refractivity contribution in [3.05, 3.63) is 58.5 Å². The van der Waals surface area contributed by atoms with Gasteiger partial charge in [-0.3, -0.25) is 0 Å². The number of nitrogens with zero attached hydrogens (tertiary/aromatic N) is 4. The number of rotatable bonds is 4. The fourth-order valence-electron chi connectivity index (χ4n) is 1.90. The standard InChI is InChI=1S/C14H12BrN5O2S/c1-10-2-4-13(5-3-10)23(21,22)19-17-6-11-7-18-20-9-12(15)8-16-14(11)20/h2-9,19H,1H3/b17-6+. The fourth-order valence-corrected chi connectivity index (χ4v) is 2.98. The van der Waals surface area contributed by atoms with E-state index in [2.05, 4.69) is 35.9 Å². The fraction of sp³-hybridized carbons (Fsp3) is 0.0714. The highest BCUT2D eigenvalue weighted by Gasteiger charge is 2.12. The van der Waals surface area contributed by atoms with Gasteiger partial charge >= 0.3 is 0 Å². The number of nitrogens with one attached hydrogen (secondary N) is 1. The van der Waals surface area contributed by atoms with Crippen LogP contribution in [-0.4, -0.2) is 29.2 Å². The lowest BCUT2D eigenvalue weighted by Gasteiger charge is -2.03. The Kier molecular flexibility index (Phi) is 4.14. The zero-order chi connectivity index (χ0) is 16.4. The Labute approximate surface area is 141 Å². The van der Waals surface area contributed by atoms with Crippen LogP contribution in [0, 0.1) is 6.92 Å². The van der Waals surface area contributed by atoms with Crippen molar-refractivity contribution in [1.29, 1.82) is 0 Å². The maximum atomic E-state index is 12.1. The molecule has 1 N–H and O–H groups in total.